The summed E-state index contributed by atoms with van der Waals surface area (Å²) in [5, 5.41) is 0. The Morgan fingerprint density at radius 3 is 2.73 bits per heavy atom. The number of carbonyl (C=O) groups excluding carboxylic acids is 1. The van der Waals surface area contributed by atoms with E-state index >= 15 is 0 Å². The predicted octanol–water partition coefficient (Wildman–Crippen LogP) is 0.584. The van der Waals surface area contributed by atoms with Crippen molar-refractivity contribution in [3.8, 4) is 0 Å². The summed E-state index contributed by atoms with van der Waals surface area (Å²) < 4.78 is 33.4. The summed E-state index contributed by atoms with van der Waals surface area (Å²) in [7, 11) is 1.14. The van der Waals surface area contributed by atoms with Gasteiger partial charge in [0.05, 0.1) is 13.5 Å². The molecular formula is C6H8F2O3. The van der Waals surface area contributed by atoms with Gasteiger partial charge in [0.1, 0.15) is 6.61 Å². The van der Waals surface area contributed by atoms with Gasteiger partial charge in [-0.25, -0.2) is 13.6 Å². The Kier molecular flexibility index (Phi) is 2.08. The van der Waals surface area contributed by atoms with E-state index in [1.165, 1.54) is 0 Å². The van der Waals surface area contributed by atoms with Crippen molar-refractivity contribution < 1.29 is 23.0 Å². The van der Waals surface area contributed by atoms with E-state index in [4.69, 9.17) is 0 Å². The number of rotatable bonds is 1. The van der Waals surface area contributed by atoms with Crippen molar-refractivity contribution in [2.24, 2.45) is 0 Å². The Labute approximate surface area is 62.3 Å². The molecule has 64 valence electrons. The van der Waals surface area contributed by atoms with Gasteiger partial charge in [0.25, 0.3) is 5.92 Å². The van der Waals surface area contributed by atoms with Crippen molar-refractivity contribution in [3.05, 3.63) is 0 Å². The number of methoxy groups -OCH3 is 1. The van der Waals surface area contributed by atoms with Crippen LogP contribution in [-0.2, 0) is 14.3 Å². The predicted molar refractivity (Wildman–Crippen MR) is 31.3 cm³/mol. The first kappa shape index (κ1) is 8.39. The van der Waals surface area contributed by atoms with Crippen LogP contribution in [0.25, 0.3) is 0 Å². The number of carbonyl (C=O) groups is 1. The third-order valence-corrected chi connectivity index (χ3v) is 1.44. The lowest BCUT2D eigenvalue weighted by atomic mass is 10.2. The van der Waals surface area contributed by atoms with Gasteiger partial charge in [0.15, 0.2) is 6.10 Å². The molecule has 1 aliphatic heterocycles. The molecule has 1 saturated heterocycles. The monoisotopic (exact) mass is 166 g/mol. The van der Waals surface area contributed by atoms with Crippen LogP contribution in [0.2, 0.25) is 0 Å². The van der Waals surface area contributed by atoms with Crippen LogP contribution < -0.4 is 0 Å². The maximum absolute atomic E-state index is 12.4. The van der Waals surface area contributed by atoms with Crippen LogP contribution in [0.3, 0.4) is 0 Å². The summed E-state index contributed by atoms with van der Waals surface area (Å²) in [4.78, 5) is 10.6. The molecule has 5 heteroatoms. The minimum absolute atomic E-state index is 0.570. The molecule has 1 aliphatic rings. The Balaban J connectivity index is 2.48. The van der Waals surface area contributed by atoms with Crippen LogP contribution in [0.15, 0.2) is 0 Å². The average molecular weight is 166 g/mol. The zero-order valence-electron chi connectivity index (χ0n) is 5.97. The number of hydrogen-bond donors (Lipinski definition) is 0. The highest BCUT2D eigenvalue weighted by Crippen LogP contribution is 2.29. The number of halogens is 2. The topological polar surface area (TPSA) is 35.5 Å². The van der Waals surface area contributed by atoms with Gasteiger partial charge in [-0.15, -0.1) is 0 Å². The van der Waals surface area contributed by atoms with Gasteiger partial charge in [-0.2, -0.15) is 0 Å². The molecule has 1 rings (SSSR count). The van der Waals surface area contributed by atoms with Crippen LogP contribution in [0.5, 0.6) is 0 Å². The molecule has 0 N–H and O–H groups in total. The van der Waals surface area contributed by atoms with Gasteiger partial charge < -0.3 is 9.47 Å². The molecule has 1 heterocycles. The first-order valence-electron chi connectivity index (χ1n) is 3.12. The fourth-order valence-corrected chi connectivity index (χ4v) is 0.894. The molecule has 0 radical (unpaired) electrons. The van der Waals surface area contributed by atoms with Crippen molar-refractivity contribution in [2.75, 3.05) is 13.7 Å². The second kappa shape index (κ2) is 2.73. The molecule has 0 amide bonds. The average Bonchev–Trinajstić information content (AvgIpc) is 2.29. The molecule has 0 bridgehead atoms. The standard InChI is InChI=1S/C6H8F2O3/c1-10-5(9)4-2-6(7,8)3-11-4/h4H,2-3H2,1H3. The molecule has 0 aromatic heterocycles. The Bertz CT molecular complexity index is 169. The zero-order valence-corrected chi connectivity index (χ0v) is 5.97. The smallest absolute Gasteiger partial charge is 0.335 e. The Morgan fingerprint density at radius 1 is 1.73 bits per heavy atom. The summed E-state index contributed by atoms with van der Waals surface area (Å²) in [6.45, 7) is -0.688. The highest BCUT2D eigenvalue weighted by Gasteiger charge is 2.44. The number of hydrogen-bond acceptors (Lipinski definition) is 3. The van der Waals surface area contributed by atoms with E-state index in [2.05, 4.69) is 9.47 Å². The number of ether oxygens (including phenoxy) is 2. The number of esters is 1. The van der Waals surface area contributed by atoms with Crippen LogP contribution in [0.1, 0.15) is 6.42 Å². The van der Waals surface area contributed by atoms with Gasteiger partial charge in [-0.1, -0.05) is 0 Å². The van der Waals surface area contributed by atoms with Crippen molar-refractivity contribution >= 4 is 5.97 Å². The molecule has 0 aromatic rings. The van der Waals surface area contributed by atoms with Gasteiger partial charge in [0, 0.05) is 0 Å². The lowest BCUT2D eigenvalue weighted by molar-refractivity contribution is -0.151. The molecule has 0 aliphatic carbocycles. The van der Waals surface area contributed by atoms with E-state index in [9.17, 15) is 13.6 Å². The summed E-state index contributed by atoms with van der Waals surface area (Å²) in [6, 6.07) is 0. The highest BCUT2D eigenvalue weighted by atomic mass is 19.3. The van der Waals surface area contributed by atoms with Gasteiger partial charge >= 0.3 is 5.97 Å². The maximum atomic E-state index is 12.4. The molecular weight excluding hydrogens is 158 g/mol. The number of alkyl halides is 2. The largest absolute Gasteiger partial charge is 0.467 e. The normalized spacial score (nSPS) is 28.5. The summed E-state index contributed by atoms with van der Waals surface area (Å²) in [6.07, 6.45) is -1.66. The SMILES string of the molecule is COC(=O)C1CC(F)(F)CO1. The van der Waals surface area contributed by atoms with E-state index in [0.29, 0.717) is 0 Å². The van der Waals surface area contributed by atoms with E-state index in [1.807, 2.05) is 0 Å². The summed E-state index contributed by atoms with van der Waals surface area (Å²) >= 11 is 0. The minimum atomic E-state index is -2.88. The quantitative estimate of drug-likeness (QED) is 0.534. The summed E-state index contributed by atoms with van der Waals surface area (Å²) in [5.41, 5.74) is 0. The van der Waals surface area contributed by atoms with Crippen LogP contribution in [0.4, 0.5) is 8.78 Å². The van der Waals surface area contributed by atoms with E-state index in [-0.39, 0.29) is 0 Å². The molecule has 0 saturated carbocycles. The van der Waals surface area contributed by atoms with Gasteiger partial charge in [-0.05, 0) is 0 Å². The molecule has 0 spiro atoms. The van der Waals surface area contributed by atoms with Crippen molar-refractivity contribution in [1.82, 2.24) is 0 Å². The third-order valence-electron chi connectivity index (χ3n) is 1.44. The fourth-order valence-electron chi connectivity index (χ4n) is 0.894. The lowest BCUT2D eigenvalue weighted by Crippen LogP contribution is -2.22. The minimum Gasteiger partial charge on any atom is -0.467 e. The molecule has 1 fully saturated rings. The molecule has 0 aromatic carbocycles. The van der Waals surface area contributed by atoms with Gasteiger partial charge in [-0.3, -0.25) is 0 Å². The first-order valence-corrected chi connectivity index (χ1v) is 3.12. The van der Waals surface area contributed by atoms with Crippen LogP contribution in [0, 0.1) is 0 Å². The molecule has 3 nitrogen and oxygen atoms in total. The second-order valence-electron chi connectivity index (χ2n) is 2.38. The molecule has 11 heavy (non-hydrogen) atoms. The first-order chi connectivity index (χ1) is 5.05. The van der Waals surface area contributed by atoms with Crippen molar-refractivity contribution in [2.45, 2.75) is 18.4 Å². The lowest BCUT2D eigenvalue weighted by Gasteiger charge is -2.05. The maximum Gasteiger partial charge on any atom is 0.335 e. The molecule has 1 unspecified atom stereocenters. The molecule has 1 atom stereocenters. The zero-order chi connectivity index (χ0) is 8.48. The highest BCUT2D eigenvalue weighted by molar-refractivity contribution is 5.74. The third kappa shape index (κ3) is 1.86. The van der Waals surface area contributed by atoms with E-state index in [0.717, 1.165) is 7.11 Å². The van der Waals surface area contributed by atoms with Crippen molar-refractivity contribution in [1.29, 1.82) is 0 Å². The van der Waals surface area contributed by atoms with Crippen molar-refractivity contribution in [3.63, 3.8) is 0 Å². The second-order valence-corrected chi connectivity index (χ2v) is 2.38. The van der Waals surface area contributed by atoms with Gasteiger partial charge in [0.2, 0.25) is 0 Å². The van der Waals surface area contributed by atoms with Crippen LogP contribution in [-0.4, -0.2) is 31.7 Å². The fraction of sp³-hybridized carbons (Fsp3) is 0.833. The van der Waals surface area contributed by atoms with E-state index < -0.39 is 31.0 Å². The Morgan fingerprint density at radius 2 is 2.36 bits per heavy atom. The van der Waals surface area contributed by atoms with E-state index in [1.54, 1.807) is 0 Å². The Hall–Kier alpha value is -0.710. The van der Waals surface area contributed by atoms with Crippen LogP contribution >= 0.6 is 0 Å². The summed E-state index contributed by atoms with van der Waals surface area (Å²) in [5.74, 6) is -3.61.